The summed E-state index contributed by atoms with van der Waals surface area (Å²) in [5.74, 6) is -5.02. The molecule has 1 aliphatic rings. The number of ether oxygens (including phenoxy) is 1. The minimum Gasteiger partial charge on any atom is -0.506 e. The van der Waals surface area contributed by atoms with Crippen LogP contribution in [-0.4, -0.2) is 106 Å². The Bertz CT molecular complexity index is 1380. The summed E-state index contributed by atoms with van der Waals surface area (Å²) in [4.78, 5) is 67.5. The Morgan fingerprint density at radius 2 is 1.83 bits per heavy atom. The molecule has 9 atom stereocenters. The summed E-state index contributed by atoms with van der Waals surface area (Å²) in [7, 11) is 0. The van der Waals surface area contributed by atoms with Gasteiger partial charge in [0.1, 0.15) is 42.2 Å². The number of aromatic amines is 1. The van der Waals surface area contributed by atoms with Crippen molar-refractivity contribution in [3.63, 3.8) is 0 Å². The van der Waals surface area contributed by atoms with E-state index in [0.717, 1.165) is 23.0 Å². The summed E-state index contributed by atoms with van der Waals surface area (Å²) in [6.07, 6.45) is -7.04. The Morgan fingerprint density at radius 3 is 2.40 bits per heavy atom. The van der Waals surface area contributed by atoms with Gasteiger partial charge in [0.25, 0.3) is 5.56 Å². The first kappa shape index (κ1) is 32.3. The van der Waals surface area contributed by atoms with Gasteiger partial charge in [0.05, 0.1) is 17.9 Å². The summed E-state index contributed by atoms with van der Waals surface area (Å²) in [5, 5.41) is 64.4. The van der Waals surface area contributed by atoms with E-state index in [1.165, 1.54) is 19.1 Å². The second kappa shape index (κ2) is 13.6. The highest BCUT2D eigenvalue weighted by molar-refractivity contribution is 5.92. The Kier molecular flexibility index (Phi) is 10.5. The molecule has 0 spiro atoms. The first-order valence-electron chi connectivity index (χ1n) is 12.6. The number of H-pyrrole nitrogens is 1. The molecule has 3 heterocycles. The van der Waals surface area contributed by atoms with Crippen LogP contribution in [0.25, 0.3) is 0 Å². The Hall–Kier alpha value is -4.20. The van der Waals surface area contributed by atoms with Crippen LogP contribution in [0.1, 0.15) is 31.4 Å². The number of nitrogens with two attached hydrogens (primary N) is 1. The van der Waals surface area contributed by atoms with E-state index in [1.54, 1.807) is 0 Å². The van der Waals surface area contributed by atoms with Crippen molar-refractivity contribution in [3.05, 3.63) is 57.1 Å². The third-order valence-electron chi connectivity index (χ3n) is 6.78. The van der Waals surface area contributed by atoms with E-state index in [1.807, 2.05) is 4.98 Å². The lowest BCUT2D eigenvalue weighted by Crippen LogP contribution is -2.61. The molecule has 230 valence electrons. The van der Waals surface area contributed by atoms with Crippen LogP contribution < -0.4 is 27.6 Å². The van der Waals surface area contributed by atoms with Crippen molar-refractivity contribution in [2.24, 2.45) is 11.7 Å². The molecule has 9 unspecified atom stereocenters. The van der Waals surface area contributed by atoms with Crippen molar-refractivity contribution in [2.45, 2.75) is 62.1 Å². The molecule has 0 aliphatic carbocycles. The first-order valence-corrected chi connectivity index (χ1v) is 12.6. The molecule has 0 aromatic carbocycles. The van der Waals surface area contributed by atoms with Gasteiger partial charge >= 0.3 is 11.7 Å². The second-order valence-corrected chi connectivity index (χ2v) is 9.66. The predicted molar refractivity (Wildman–Crippen MR) is 138 cm³/mol. The molecule has 2 amide bonds. The van der Waals surface area contributed by atoms with Crippen LogP contribution in [0.4, 0.5) is 0 Å². The summed E-state index contributed by atoms with van der Waals surface area (Å²) >= 11 is 0. The van der Waals surface area contributed by atoms with E-state index in [4.69, 9.17) is 10.5 Å². The monoisotopic (exact) mass is 596 g/mol. The summed E-state index contributed by atoms with van der Waals surface area (Å²) in [6, 6.07) is -1.59. The number of aliphatic hydroxyl groups excluding tert-OH is 4. The van der Waals surface area contributed by atoms with Crippen LogP contribution in [0.15, 0.2) is 40.2 Å². The molecule has 2 aromatic heterocycles. The van der Waals surface area contributed by atoms with E-state index in [2.05, 4.69) is 15.6 Å². The van der Waals surface area contributed by atoms with Crippen molar-refractivity contribution in [1.29, 1.82) is 0 Å². The van der Waals surface area contributed by atoms with Gasteiger partial charge < -0.3 is 51.7 Å². The fraction of sp³-hybridized carbons (Fsp3) is 0.500. The maximum absolute atomic E-state index is 13.3. The normalized spacial score (nSPS) is 23.8. The number of nitrogens with zero attached hydrogens (tertiary/aromatic N) is 2. The number of aromatic hydroxyl groups is 1. The van der Waals surface area contributed by atoms with Gasteiger partial charge in [-0.25, -0.2) is 9.59 Å². The van der Waals surface area contributed by atoms with Gasteiger partial charge in [-0.05, 0) is 12.1 Å². The van der Waals surface area contributed by atoms with Crippen molar-refractivity contribution in [2.75, 3.05) is 6.61 Å². The van der Waals surface area contributed by atoms with Crippen LogP contribution >= 0.6 is 0 Å². The smallest absolute Gasteiger partial charge is 0.330 e. The van der Waals surface area contributed by atoms with Crippen LogP contribution in [-0.2, 0) is 19.1 Å². The zero-order valence-corrected chi connectivity index (χ0v) is 22.1. The van der Waals surface area contributed by atoms with Gasteiger partial charge in [-0.2, -0.15) is 0 Å². The highest BCUT2D eigenvalue weighted by atomic mass is 16.6. The third kappa shape index (κ3) is 7.16. The fourth-order valence-corrected chi connectivity index (χ4v) is 4.29. The molecule has 2 aromatic rings. The lowest BCUT2D eigenvalue weighted by Gasteiger charge is -2.30. The van der Waals surface area contributed by atoms with E-state index >= 15 is 0 Å². The first-order chi connectivity index (χ1) is 19.8. The van der Waals surface area contributed by atoms with E-state index < -0.39 is 96.7 Å². The molecule has 42 heavy (non-hydrogen) atoms. The second-order valence-electron chi connectivity index (χ2n) is 9.66. The van der Waals surface area contributed by atoms with Gasteiger partial charge in [0.2, 0.25) is 11.8 Å². The number of pyridine rings is 1. The summed E-state index contributed by atoms with van der Waals surface area (Å²) in [6.45, 7) is 0.766. The molecule has 0 radical (unpaired) electrons. The van der Waals surface area contributed by atoms with Crippen LogP contribution in [0.5, 0.6) is 5.75 Å². The zero-order valence-electron chi connectivity index (χ0n) is 22.1. The van der Waals surface area contributed by atoms with Gasteiger partial charge in [0.15, 0.2) is 6.23 Å². The average molecular weight is 597 g/mol. The maximum Gasteiger partial charge on any atom is 0.330 e. The predicted octanol–water partition coefficient (Wildman–Crippen LogP) is -4.61. The average Bonchev–Trinajstić information content (AvgIpc) is 3.23. The zero-order chi connectivity index (χ0) is 31.3. The molecule has 1 saturated heterocycles. The molecular weight excluding hydrogens is 564 g/mol. The number of nitrogens with one attached hydrogen (secondary N) is 3. The van der Waals surface area contributed by atoms with Gasteiger partial charge in [-0.3, -0.25) is 28.9 Å². The summed E-state index contributed by atoms with van der Waals surface area (Å²) < 4.78 is 6.32. The number of carboxylic acid groups (broad SMARTS) is 1. The molecule has 18 nitrogen and oxygen atoms in total. The van der Waals surface area contributed by atoms with Crippen LogP contribution in [0, 0.1) is 5.92 Å². The number of amides is 2. The highest BCUT2D eigenvalue weighted by Crippen LogP contribution is 2.31. The minimum atomic E-state index is -1.94. The van der Waals surface area contributed by atoms with Gasteiger partial charge in [-0.15, -0.1) is 0 Å². The standard InChI is InChI=1S/C24H32N6O12/c1-9(16(34)11-3-2-10(32)8-26-11)14(25)20(37)29-15(21(38)27-12(5-7-31)23(39)40)19-17(35)18(36)22(42-19)30-6-4-13(33)28-24(30)41/h2-4,6,8-9,12,14-19,22,31-32,34-36H,5,7,25H2,1H3,(H,27,38)(H,29,37)(H,39,40)(H,28,33,41). The Morgan fingerprint density at radius 1 is 1.14 bits per heavy atom. The van der Waals surface area contributed by atoms with Crippen LogP contribution in [0.2, 0.25) is 0 Å². The van der Waals surface area contributed by atoms with E-state index in [9.17, 15) is 54.6 Å². The van der Waals surface area contributed by atoms with E-state index in [0.29, 0.717) is 0 Å². The topological polar surface area (TPSA) is 300 Å². The number of aliphatic carboxylic acids is 1. The van der Waals surface area contributed by atoms with Crippen molar-refractivity contribution >= 4 is 17.8 Å². The number of rotatable bonds is 12. The number of aliphatic hydroxyl groups is 4. The third-order valence-corrected chi connectivity index (χ3v) is 6.78. The molecule has 1 fully saturated rings. The lowest BCUT2D eigenvalue weighted by molar-refractivity contribution is -0.144. The number of hydrogen-bond acceptors (Lipinski definition) is 13. The van der Waals surface area contributed by atoms with Crippen molar-refractivity contribution in [3.8, 4) is 5.75 Å². The number of carbonyl (C=O) groups excluding carboxylic acids is 2. The van der Waals surface area contributed by atoms with Crippen molar-refractivity contribution in [1.82, 2.24) is 25.2 Å². The molecule has 3 rings (SSSR count). The lowest BCUT2D eigenvalue weighted by atomic mass is 9.92. The minimum absolute atomic E-state index is 0.0676. The number of carboxylic acids is 1. The van der Waals surface area contributed by atoms with Crippen LogP contribution in [0.3, 0.4) is 0 Å². The molecule has 0 saturated carbocycles. The fourth-order valence-electron chi connectivity index (χ4n) is 4.29. The van der Waals surface area contributed by atoms with Gasteiger partial charge in [-0.1, -0.05) is 6.92 Å². The highest BCUT2D eigenvalue weighted by Gasteiger charge is 2.50. The van der Waals surface area contributed by atoms with Gasteiger partial charge in [0, 0.05) is 31.2 Å². The molecule has 0 bridgehead atoms. The molecule has 1 aliphatic heterocycles. The largest absolute Gasteiger partial charge is 0.506 e. The number of hydrogen-bond donors (Lipinski definition) is 10. The summed E-state index contributed by atoms with van der Waals surface area (Å²) in [5.41, 5.74) is 4.33. The molecule has 11 N–H and O–H groups in total. The quantitative estimate of drug-likeness (QED) is 0.110. The molecule has 18 heteroatoms. The Balaban J connectivity index is 1.89. The maximum atomic E-state index is 13.3. The number of aromatic nitrogens is 3. The van der Waals surface area contributed by atoms with E-state index in [-0.39, 0.29) is 11.4 Å². The SMILES string of the molecule is CC(C(N)C(=O)NC(C(=O)NC(CCO)C(=O)O)C1OC(n2ccc(=O)[nH]c2=O)C(O)C1O)C(O)c1ccc(O)cn1. The number of carbonyl (C=O) groups is 3. The van der Waals surface area contributed by atoms with Crippen molar-refractivity contribution < 1.29 is 49.8 Å². The Labute approximate surface area is 236 Å². The molecular formula is C24H32N6O12.